The van der Waals surface area contributed by atoms with Crippen molar-refractivity contribution in [1.82, 2.24) is 15.0 Å². The molecule has 0 spiro atoms. The highest BCUT2D eigenvalue weighted by atomic mass is 32.1. The topological polar surface area (TPSA) is 53.6 Å². The first-order valence-electron chi connectivity index (χ1n) is 4.96. The van der Waals surface area contributed by atoms with Crippen LogP contribution in [0.5, 0.6) is 0 Å². The van der Waals surface area contributed by atoms with Crippen LogP contribution in [0, 0.1) is 11.6 Å². The third-order valence-corrected chi connectivity index (χ3v) is 2.26. The number of aromatic nitrogens is 3. The fourth-order valence-corrected chi connectivity index (χ4v) is 1.62. The van der Waals surface area contributed by atoms with Gasteiger partial charge >= 0.3 is 0 Å². The molecule has 0 radical (unpaired) electrons. The van der Waals surface area contributed by atoms with Crippen LogP contribution >= 0.6 is 12.2 Å². The second-order valence-electron chi connectivity index (χ2n) is 3.39. The molecule has 2 rings (SSSR count). The van der Waals surface area contributed by atoms with Crippen LogP contribution in [0.1, 0.15) is 11.5 Å². The summed E-state index contributed by atoms with van der Waals surface area (Å²) in [5.74, 6) is 1.67. The minimum Gasteiger partial charge on any atom is -0.366 e. The molecule has 2 heterocycles. The Hall–Kier alpha value is -1.75. The molecule has 0 aromatic carbocycles. The van der Waals surface area contributed by atoms with E-state index in [0.717, 1.165) is 17.3 Å². The normalized spacial score (nSPS) is 10.1. The molecular weight excluding hydrogens is 220 g/mol. The van der Waals surface area contributed by atoms with Crippen LogP contribution in [-0.4, -0.2) is 15.0 Å². The molecule has 0 unspecified atom stereocenters. The highest BCUT2D eigenvalue weighted by Gasteiger charge is 1.96. The summed E-state index contributed by atoms with van der Waals surface area (Å²) >= 11 is 5.03. The van der Waals surface area contributed by atoms with Crippen LogP contribution in [0.25, 0.3) is 0 Å². The smallest absolute Gasteiger partial charge is 0.131 e. The molecule has 2 N–H and O–H groups in total. The van der Waals surface area contributed by atoms with Gasteiger partial charge in [0.15, 0.2) is 0 Å². The number of aryl methyl sites for hydroxylation is 1. The van der Waals surface area contributed by atoms with E-state index in [1.54, 1.807) is 12.3 Å². The Morgan fingerprint density at radius 3 is 3.00 bits per heavy atom. The van der Waals surface area contributed by atoms with Gasteiger partial charge in [0.05, 0.1) is 12.2 Å². The van der Waals surface area contributed by atoms with Crippen molar-refractivity contribution in [2.24, 2.45) is 0 Å². The summed E-state index contributed by atoms with van der Waals surface area (Å²) in [6.45, 7) is 2.54. The van der Waals surface area contributed by atoms with E-state index < -0.39 is 0 Å². The number of nitrogens with one attached hydrogen (secondary N) is 2. The van der Waals surface area contributed by atoms with Gasteiger partial charge in [-0.25, -0.2) is 4.98 Å². The zero-order chi connectivity index (χ0) is 11.4. The number of rotatable bonds is 3. The van der Waals surface area contributed by atoms with Gasteiger partial charge in [0.1, 0.15) is 16.3 Å². The molecule has 2 aromatic heterocycles. The lowest BCUT2D eigenvalue weighted by molar-refractivity contribution is 0.989. The zero-order valence-corrected chi connectivity index (χ0v) is 9.71. The van der Waals surface area contributed by atoms with E-state index in [1.807, 2.05) is 25.1 Å². The van der Waals surface area contributed by atoms with Gasteiger partial charge in [-0.2, -0.15) is 0 Å². The molecule has 0 saturated heterocycles. The minimum absolute atomic E-state index is 0.583. The lowest BCUT2D eigenvalue weighted by Crippen LogP contribution is -2.04. The molecule has 0 atom stereocenters. The van der Waals surface area contributed by atoms with Crippen LogP contribution in [0.2, 0.25) is 0 Å². The quantitative estimate of drug-likeness (QED) is 0.798. The van der Waals surface area contributed by atoms with Gasteiger partial charge in [-0.3, -0.25) is 4.98 Å². The maximum absolute atomic E-state index is 5.03. The van der Waals surface area contributed by atoms with Crippen molar-refractivity contribution in [2.75, 3.05) is 5.32 Å². The SMILES string of the molecule is Cc1nc(=S)cc(NCc2ccccn2)[nH]1. The van der Waals surface area contributed by atoms with E-state index in [2.05, 4.69) is 20.3 Å². The number of H-pyrrole nitrogens is 1. The van der Waals surface area contributed by atoms with Gasteiger partial charge < -0.3 is 10.3 Å². The Kier molecular flexibility index (Phi) is 3.26. The Bertz CT molecular complexity index is 521. The molecule has 82 valence electrons. The molecule has 0 aliphatic carbocycles. The van der Waals surface area contributed by atoms with E-state index in [-0.39, 0.29) is 0 Å². The zero-order valence-electron chi connectivity index (χ0n) is 8.90. The number of nitrogens with zero attached hydrogens (tertiary/aromatic N) is 2. The molecule has 0 amide bonds. The van der Waals surface area contributed by atoms with Crippen LogP contribution in [0.15, 0.2) is 30.5 Å². The third-order valence-electron chi connectivity index (χ3n) is 2.05. The molecule has 0 bridgehead atoms. The first-order chi connectivity index (χ1) is 7.74. The monoisotopic (exact) mass is 232 g/mol. The van der Waals surface area contributed by atoms with Crippen molar-refractivity contribution < 1.29 is 0 Å². The van der Waals surface area contributed by atoms with E-state index in [4.69, 9.17) is 12.2 Å². The minimum atomic E-state index is 0.583. The standard InChI is InChI=1S/C11H12N4S/c1-8-14-10(6-11(16)15-8)13-7-9-4-2-3-5-12-9/h2-6H,7H2,1H3,(H2,13,14,15,16). The lowest BCUT2D eigenvalue weighted by atomic mass is 10.3. The van der Waals surface area contributed by atoms with Gasteiger partial charge in [-0.15, -0.1) is 0 Å². The van der Waals surface area contributed by atoms with Crippen molar-refractivity contribution in [3.05, 3.63) is 46.6 Å². The molecule has 0 fully saturated rings. The number of pyridine rings is 1. The summed E-state index contributed by atoms with van der Waals surface area (Å²) in [5, 5.41) is 3.22. The average molecular weight is 232 g/mol. The number of anilines is 1. The Labute approximate surface area is 98.8 Å². The maximum atomic E-state index is 5.03. The van der Waals surface area contributed by atoms with Crippen LogP contribution in [0.3, 0.4) is 0 Å². The summed E-state index contributed by atoms with van der Waals surface area (Å²) in [5.41, 5.74) is 0.983. The number of hydrogen-bond donors (Lipinski definition) is 2. The van der Waals surface area contributed by atoms with Gasteiger partial charge in [0, 0.05) is 12.3 Å². The second-order valence-corrected chi connectivity index (χ2v) is 3.81. The summed E-state index contributed by atoms with van der Waals surface area (Å²) in [6.07, 6.45) is 1.77. The van der Waals surface area contributed by atoms with Crippen LogP contribution in [-0.2, 0) is 6.54 Å². The molecule has 5 heteroatoms. The average Bonchev–Trinajstić information content (AvgIpc) is 2.27. The molecule has 16 heavy (non-hydrogen) atoms. The third kappa shape index (κ3) is 2.87. The molecule has 4 nitrogen and oxygen atoms in total. The predicted molar refractivity (Wildman–Crippen MR) is 65.7 cm³/mol. The highest BCUT2D eigenvalue weighted by molar-refractivity contribution is 7.71. The molecular formula is C11H12N4S. The molecule has 0 aliphatic heterocycles. The van der Waals surface area contributed by atoms with E-state index >= 15 is 0 Å². The van der Waals surface area contributed by atoms with E-state index in [0.29, 0.717) is 11.2 Å². The summed E-state index contributed by atoms with van der Waals surface area (Å²) < 4.78 is 0.583. The van der Waals surface area contributed by atoms with Gasteiger partial charge in [0.25, 0.3) is 0 Å². The lowest BCUT2D eigenvalue weighted by Gasteiger charge is -2.06. The Balaban J connectivity index is 2.08. The summed E-state index contributed by atoms with van der Waals surface area (Å²) in [4.78, 5) is 11.4. The Morgan fingerprint density at radius 2 is 2.31 bits per heavy atom. The highest BCUT2D eigenvalue weighted by Crippen LogP contribution is 2.05. The van der Waals surface area contributed by atoms with Crippen molar-refractivity contribution >= 4 is 18.0 Å². The second kappa shape index (κ2) is 4.85. The number of hydrogen-bond acceptors (Lipinski definition) is 4. The van der Waals surface area contributed by atoms with Crippen molar-refractivity contribution in [1.29, 1.82) is 0 Å². The first-order valence-corrected chi connectivity index (χ1v) is 5.36. The van der Waals surface area contributed by atoms with Crippen LogP contribution in [0.4, 0.5) is 5.82 Å². The summed E-state index contributed by atoms with van der Waals surface area (Å²) in [7, 11) is 0. The van der Waals surface area contributed by atoms with Gasteiger partial charge in [0.2, 0.25) is 0 Å². The molecule has 2 aromatic rings. The van der Waals surface area contributed by atoms with Crippen molar-refractivity contribution in [3.63, 3.8) is 0 Å². The molecule has 0 saturated carbocycles. The summed E-state index contributed by atoms with van der Waals surface area (Å²) in [6, 6.07) is 7.62. The van der Waals surface area contributed by atoms with Gasteiger partial charge in [-0.05, 0) is 19.1 Å². The fraction of sp³-hybridized carbons (Fsp3) is 0.182. The molecule has 0 aliphatic rings. The fourth-order valence-electron chi connectivity index (χ4n) is 1.36. The van der Waals surface area contributed by atoms with E-state index in [1.165, 1.54) is 0 Å². The van der Waals surface area contributed by atoms with Crippen molar-refractivity contribution in [2.45, 2.75) is 13.5 Å². The first kappa shape index (κ1) is 10.8. The van der Waals surface area contributed by atoms with Crippen LogP contribution < -0.4 is 5.32 Å². The van der Waals surface area contributed by atoms with Crippen molar-refractivity contribution in [3.8, 4) is 0 Å². The largest absolute Gasteiger partial charge is 0.366 e. The predicted octanol–water partition coefficient (Wildman–Crippen LogP) is 2.45. The Morgan fingerprint density at radius 1 is 1.44 bits per heavy atom. The number of aromatic amines is 1. The van der Waals surface area contributed by atoms with Gasteiger partial charge in [-0.1, -0.05) is 18.3 Å². The maximum Gasteiger partial charge on any atom is 0.131 e. The van der Waals surface area contributed by atoms with E-state index in [9.17, 15) is 0 Å².